The lowest BCUT2D eigenvalue weighted by Crippen LogP contribution is -2.47. The van der Waals surface area contributed by atoms with Crippen molar-refractivity contribution in [2.45, 2.75) is 64.6 Å². The molecule has 2 fully saturated rings. The van der Waals surface area contributed by atoms with E-state index in [4.69, 9.17) is 4.42 Å². The van der Waals surface area contributed by atoms with Gasteiger partial charge in [-0.05, 0) is 32.2 Å². The quantitative estimate of drug-likeness (QED) is 0.846. The number of carbonyl (C=O) groups excluding carboxylic acids is 1. The first-order chi connectivity index (χ1) is 10.2. The number of likely N-dealkylation sites (tertiary alicyclic amines) is 2. The summed E-state index contributed by atoms with van der Waals surface area (Å²) in [4.78, 5) is 16.6. The van der Waals surface area contributed by atoms with Gasteiger partial charge in [0.05, 0.1) is 6.54 Å². The summed E-state index contributed by atoms with van der Waals surface area (Å²) >= 11 is 0. The van der Waals surface area contributed by atoms with Crippen molar-refractivity contribution in [1.82, 2.24) is 20.0 Å². The molecule has 0 unspecified atom stereocenters. The molecule has 0 saturated carbocycles. The summed E-state index contributed by atoms with van der Waals surface area (Å²) in [5.74, 6) is 1.59. The van der Waals surface area contributed by atoms with Crippen LogP contribution in [0.3, 0.4) is 0 Å². The van der Waals surface area contributed by atoms with Gasteiger partial charge in [-0.25, -0.2) is 0 Å². The van der Waals surface area contributed by atoms with E-state index in [9.17, 15) is 4.79 Å². The molecule has 116 valence electrons. The molecule has 1 aromatic heterocycles. The van der Waals surface area contributed by atoms with Crippen molar-refractivity contribution in [3.8, 4) is 0 Å². The van der Waals surface area contributed by atoms with E-state index in [1.807, 2.05) is 13.8 Å². The minimum atomic E-state index is 0.290. The van der Waals surface area contributed by atoms with Crippen molar-refractivity contribution in [2.75, 3.05) is 13.1 Å². The standard InChI is InChI=1S/C15H24N4O2/c1-3-15(20)19-9-5-7-13(19)12-6-4-8-18(12)10-14-17-16-11(2)21-14/h12-13H,3-10H2,1-2H3/t12-,13-/m1/s1. The summed E-state index contributed by atoms with van der Waals surface area (Å²) in [6.07, 6.45) is 5.19. The van der Waals surface area contributed by atoms with Gasteiger partial charge in [0, 0.05) is 32.0 Å². The summed E-state index contributed by atoms with van der Waals surface area (Å²) in [7, 11) is 0. The topological polar surface area (TPSA) is 62.5 Å². The van der Waals surface area contributed by atoms with Crippen LogP contribution in [0.2, 0.25) is 0 Å². The largest absolute Gasteiger partial charge is 0.424 e. The second-order valence-corrected chi connectivity index (χ2v) is 6.05. The van der Waals surface area contributed by atoms with Crippen molar-refractivity contribution in [1.29, 1.82) is 0 Å². The Morgan fingerprint density at radius 3 is 2.71 bits per heavy atom. The molecule has 1 aromatic rings. The van der Waals surface area contributed by atoms with Crippen LogP contribution >= 0.6 is 0 Å². The Bertz CT molecular complexity index is 502. The van der Waals surface area contributed by atoms with E-state index < -0.39 is 0 Å². The zero-order chi connectivity index (χ0) is 14.8. The van der Waals surface area contributed by atoms with Gasteiger partial charge >= 0.3 is 0 Å². The van der Waals surface area contributed by atoms with Crippen molar-refractivity contribution in [3.05, 3.63) is 11.8 Å². The zero-order valence-electron chi connectivity index (χ0n) is 12.9. The zero-order valence-corrected chi connectivity index (χ0v) is 12.9. The second kappa shape index (κ2) is 6.13. The van der Waals surface area contributed by atoms with Crippen LogP contribution in [0.25, 0.3) is 0 Å². The first-order valence-corrected chi connectivity index (χ1v) is 8.01. The van der Waals surface area contributed by atoms with Crippen LogP contribution in [0.4, 0.5) is 0 Å². The minimum Gasteiger partial charge on any atom is -0.424 e. The molecule has 2 saturated heterocycles. The average molecular weight is 292 g/mol. The molecule has 3 rings (SSSR count). The van der Waals surface area contributed by atoms with Gasteiger partial charge < -0.3 is 9.32 Å². The second-order valence-electron chi connectivity index (χ2n) is 6.05. The van der Waals surface area contributed by atoms with Crippen LogP contribution in [0.5, 0.6) is 0 Å². The highest BCUT2D eigenvalue weighted by Gasteiger charge is 2.39. The maximum absolute atomic E-state index is 12.1. The van der Waals surface area contributed by atoms with E-state index in [0.717, 1.165) is 32.4 Å². The fourth-order valence-electron chi connectivity index (χ4n) is 3.76. The molecule has 0 N–H and O–H groups in total. The summed E-state index contributed by atoms with van der Waals surface area (Å²) in [5.41, 5.74) is 0. The summed E-state index contributed by atoms with van der Waals surface area (Å²) in [6, 6.07) is 0.805. The third kappa shape index (κ3) is 2.95. The Morgan fingerprint density at radius 2 is 2.00 bits per heavy atom. The molecule has 0 bridgehead atoms. The van der Waals surface area contributed by atoms with Crippen LogP contribution in [-0.2, 0) is 11.3 Å². The molecule has 2 aliphatic rings. The Morgan fingerprint density at radius 1 is 1.24 bits per heavy atom. The molecule has 0 radical (unpaired) electrons. The molecule has 1 amide bonds. The fourth-order valence-corrected chi connectivity index (χ4v) is 3.76. The van der Waals surface area contributed by atoms with Crippen molar-refractivity contribution < 1.29 is 9.21 Å². The fraction of sp³-hybridized carbons (Fsp3) is 0.800. The Labute approximate surface area is 125 Å². The first kappa shape index (κ1) is 14.5. The molecule has 0 aliphatic carbocycles. The molecular formula is C15H24N4O2. The van der Waals surface area contributed by atoms with Crippen molar-refractivity contribution in [3.63, 3.8) is 0 Å². The Hall–Kier alpha value is -1.43. The lowest BCUT2D eigenvalue weighted by Gasteiger charge is -2.34. The van der Waals surface area contributed by atoms with E-state index >= 15 is 0 Å². The third-order valence-corrected chi connectivity index (χ3v) is 4.69. The Kier molecular flexibility index (Phi) is 4.24. The number of aromatic nitrogens is 2. The van der Waals surface area contributed by atoms with E-state index in [0.29, 0.717) is 36.8 Å². The van der Waals surface area contributed by atoms with Gasteiger partial charge in [0.2, 0.25) is 17.7 Å². The van der Waals surface area contributed by atoms with E-state index in [1.54, 1.807) is 0 Å². The van der Waals surface area contributed by atoms with Gasteiger partial charge in [0.25, 0.3) is 0 Å². The predicted molar refractivity (Wildman–Crippen MR) is 77.5 cm³/mol. The molecular weight excluding hydrogens is 268 g/mol. The van der Waals surface area contributed by atoms with Gasteiger partial charge in [0.1, 0.15) is 0 Å². The smallest absolute Gasteiger partial charge is 0.230 e. The molecule has 0 aromatic carbocycles. The monoisotopic (exact) mass is 292 g/mol. The van der Waals surface area contributed by atoms with E-state index in [2.05, 4.69) is 20.0 Å². The van der Waals surface area contributed by atoms with Crippen LogP contribution < -0.4 is 0 Å². The third-order valence-electron chi connectivity index (χ3n) is 4.69. The normalized spacial score (nSPS) is 26.7. The molecule has 6 nitrogen and oxygen atoms in total. The number of hydrogen-bond acceptors (Lipinski definition) is 5. The summed E-state index contributed by atoms with van der Waals surface area (Å²) in [5, 5.41) is 8.00. The lowest BCUT2D eigenvalue weighted by atomic mass is 10.0. The van der Waals surface area contributed by atoms with Gasteiger partial charge in [0.15, 0.2) is 0 Å². The number of rotatable bonds is 4. The van der Waals surface area contributed by atoms with E-state index in [-0.39, 0.29) is 5.91 Å². The van der Waals surface area contributed by atoms with Crippen LogP contribution in [-0.4, -0.2) is 51.1 Å². The lowest BCUT2D eigenvalue weighted by molar-refractivity contribution is -0.132. The minimum absolute atomic E-state index is 0.290. The highest BCUT2D eigenvalue weighted by molar-refractivity contribution is 5.76. The maximum atomic E-state index is 12.1. The molecule has 2 aliphatic heterocycles. The maximum Gasteiger partial charge on any atom is 0.230 e. The number of carbonyl (C=O) groups is 1. The van der Waals surface area contributed by atoms with Crippen LogP contribution in [0.15, 0.2) is 4.42 Å². The summed E-state index contributed by atoms with van der Waals surface area (Å²) < 4.78 is 5.51. The number of aryl methyl sites for hydroxylation is 1. The predicted octanol–water partition coefficient (Wildman–Crippen LogP) is 1.74. The highest BCUT2D eigenvalue weighted by Crippen LogP contribution is 2.31. The van der Waals surface area contributed by atoms with Gasteiger partial charge in [-0.2, -0.15) is 0 Å². The molecule has 0 spiro atoms. The SMILES string of the molecule is CCC(=O)N1CCC[C@@H]1[C@H]1CCCN1Cc1nnc(C)o1. The number of nitrogens with zero attached hydrogens (tertiary/aromatic N) is 4. The summed E-state index contributed by atoms with van der Waals surface area (Å²) in [6.45, 7) is 6.44. The average Bonchev–Trinajstić information content (AvgIpc) is 3.18. The number of hydrogen-bond donors (Lipinski definition) is 0. The van der Waals surface area contributed by atoms with Crippen LogP contribution in [0, 0.1) is 6.92 Å². The van der Waals surface area contributed by atoms with Gasteiger partial charge in [-0.1, -0.05) is 6.92 Å². The molecule has 6 heteroatoms. The first-order valence-electron chi connectivity index (χ1n) is 8.01. The van der Waals surface area contributed by atoms with Gasteiger partial charge in [-0.3, -0.25) is 9.69 Å². The number of amides is 1. The molecule has 21 heavy (non-hydrogen) atoms. The van der Waals surface area contributed by atoms with Crippen molar-refractivity contribution in [2.24, 2.45) is 0 Å². The molecule has 3 heterocycles. The van der Waals surface area contributed by atoms with Gasteiger partial charge in [-0.15, -0.1) is 10.2 Å². The molecule has 2 atom stereocenters. The highest BCUT2D eigenvalue weighted by atomic mass is 16.4. The Balaban J connectivity index is 1.69. The van der Waals surface area contributed by atoms with Crippen molar-refractivity contribution >= 4 is 5.91 Å². The van der Waals surface area contributed by atoms with E-state index in [1.165, 1.54) is 6.42 Å². The van der Waals surface area contributed by atoms with Crippen LogP contribution in [0.1, 0.15) is 50.8 Å².